The molecule has 0 fully saturated rings. The van der Waals surface area contributed by atoms with Gasteiger partial charge in [-0.3, -0.25) is 0 Å². The van der Waals surface area contributed by atoms with Crippen LogP contribution < -0.4 is 0 Å². The Morgan fingerprint density at radius 3 is 1.84 bits per heavy atom. The van der Waals surface area contributed by atoms with E-state index in [1.54, 1.807) is 6.26 Å². The Hall–Kier alpha value is -6.58. The monoisotopic (exact) mass is 625 g/mol. The second-order valence-electron chi connectivity index (χ2n) is 12.9. The number of furan rings is 2. The highest BCUT2D eigenvalue weighted by Crippen LogP contribution is 2.47. The highest BCUT2D eigenvalue weighted by Gasteiger charge is 2.21. The van der Waals surface area contributed by atoms with Crippen molar-refractivity contribution < 1.29 is 8.83 Å². The summed E-state index contributed by atoms with van der Waals surface area (Å²) in [7, 11) is 0. The summed E-state index contributed by atoms with van der Waals surface area (Å²) in [5, 5.41) is 10.6. The summed E-state index contributed by atoms with van der Waals surface area (Å²) in [6.07, 6.45) is 1.73. The minimum atomic E-state index is 0.831. The summed E-state index contributed by atoms with van der Waals surface area (Å²) in [5.41, 5.74) is 10.8. The van der Waals surface area contributed by atoms with E-state index in [-0.39, 0.29) is 0 Å². The fourth-order valence-corrected chi connectivity index (χ4v) is 8.16. The Morgan fingerprint density at radius 2 is 1.06 bits per heavy atom. The highest BCUT2D eigenvalue weighted by atomic mass is 16.3. The van der Waals surface area contributed by atoms with Crippen LogP contribution in [0.15, 0.2) is 173 Å². The van der Waals surface area contributed by atoms with Crippen LogP contribution in [0.3, 0.4) is 0 Å². The molecule has 0 unspecified atom stereocenters. The maximum absolute atomic E-state index is 6.69. The summed E-state index contributed by atoms with van der Waals surface area (Å²) in [6.45, 7) is 0. The van der Waals surface area contributed by atoms with Gasteiger partial charge in [0.15, 0.2) is 0 Å². The molecule has 228 valence electrons. The van der Waals surface area contributed by atoms with Gasteiger partial charge in [-0.1, -0.05) is 109 Å². The third kappa shape index (κ3) is 3.73. The molecule has 0 aliphatic carbocycles. The molecule has 0 aliphatic rings. The van der Waals surface area contributed by atoms with Gasteiger partial charge in [0.1, 0.15) is 16.7 Å². The van der Waals surface area contributed by atoms with Gasteiger partial charge in [-0.2, -0.15) is 0 Å². The third-order valence-corrected chi connectivity index (χ3v) is 10.2. The number of nitrogens with zero attached hydrogens (tertiary/aromatic N) is 1. The van der Waals surface area contributed by atoms with E-state index in [9.17, 15) is 0 Å². The first-order valence-electron chi connectivity index (χ1n) is 16.7. The van der Waals surface area contributed by atoms with Crippen LogP contribution in [0.1, 0.15) is 0 Å². The molecule has 0 aliphatic heterocycles. The molecule has 11 aromatic rings. The summed E-state index contributed by atoms with van der Waals surface area (Å²) >= 11 is 0. The quantitative estimate of drug-likeness (QED) is 0.183. The molecule has 0 N–H and O–H groups in total. The van der Waals surface area contributed by atoms with Crippen LogP contribution in [0.4, 0.5) is 0 Å². The van der Waals surface area contributed by atoms with Crippen LogP contribution in [-0.4, -0.2) is 4.57 Å². The smallest absolute Gasteiger partial charge is 0.143 e. The van der Waals surface area contributed by atoms with Gasteiger partial charge in [0.25, 0.3) is 0 Å². The summed E-state index contributed by atoms with van der Waals surface area (Å²) in [5.74, 6) is 0. The fourth-order valence-electron chi connectivity index (χ4n) is 8.16. The standard InChI is InChI=1S/C46H27NO2/c1-2-11-30(12-3-1)47-40-20-9-8-13-31(40)38-26-29(21-22-41(38)47)44-32-14-4-6-16-34(32)45(35-17-7-5-15-33(35)44)37-19-10-18-36-39-25-28-23-24-48-42(28)27-43(39)49-46(36)37/h1-27H. The molecule has 11 rings (SSSR count). The lowest BCUT2D eigenvalue weighted by Gasteiger charge is -2.18. The first-order valence-corrected chi connectivity index (χ1v) is 16.7. The molecule has 49 heavy (non-hydrogen) atoms. The molecule has 0 saturated carbocycles. The second kappa shape index (κ2) is 9.96. The SMILES string of the molecule is c1ccc(-n2c3ccccc3c3cc(-c4c5ccccc5c(-c5cccc6c5oc5cc7occc7cc56)c5ccccc45)ccc32)cc1. The Morgan fingerprint density at radius 1 is 0.408 bits per heavy atom. The largest absolute Gasteiger partial charge is 0.464 e. The lowest BCUT2D eigenvalue weighted by atomic mass is 9.85. The van der Waals surface area contributed by atoms with Crippen molar-refractivity contribution >= 4 is 76.3 Å². The lowest BCUT2D eigenvalue weighted by molar-refractivity contribution is 0.613. The van der Waals surface area contributed by atoms with Gasteiger partial charge in [-0.15, -0.1) is 0 Å². The van der Waals surface area contributed by atoms with Crippen molar-refractivity contribution in [2.24, 2.45) is 0 Å². The molecule has 3 heteroatoms. The van der Waals surface area contributed by atoms with E-state index < -0.39 is 0 Å². The van der Waals surface area contributed by atoms with Crippen molar-refractivity contribution in [1.29, 1.82) is 0 Å². The molecule has 8 aromatic carbocycles. The molecule has 0 spiro atoms. The minimum Gasteiger partial charge on any atom is -0.464 e. The van der Waals surface area contributed by atoms with Crippen molar-refractivity contribution in [1.82, 2.24) is 4.57 Å². The molecular formula is C46H27NO2. The Kier molecular flexibility index (Phi) is 5.38. The van der Waals surface area contributed by atoms with E-state index in [4.69, 9.17) is 8.83 Å². The van der Waals surface area contributed by atoms with Crippen LogP contribution >= 0.6 is 0 Å². The molecule has 0 amide bonds. The number of fused-ring (bicyclic) bond motifs is 9. The predicted molar refractivity (Wildman–Crippen MR) is 204 cm³/mol. The van der Waals surface area contributed by atoms with Gasteiger partial charge in [0.2, 0.25) is 0 Å². The molecule has 0 atom stereocenters. The Bertz CT molecular complexity index is 3050. The van der Waals surface area contributed by atoms with E-state index in [1.165, 1.54) is 60.0 Å². The highest BCUT2D eigenvalue weighted by molar-refractivity contribution is 6.25. The van der Waals surface area contributed by atoms with Gasteiger partial charge in [-0.05, 0) is 75.1 Å². The van der Waals surface area contributed by atoms with Crippen LogP contribution in [0.2, 0.25) is 0 Å². The zero-order valence-electron chi connectivity index (χ0n) is 26.4. The minimum absolute atomic E-state index is 0.831. The van der Waals surface area contributed by atoms with E-state index in [1.807, 2.05) is 12.1 Å². The molecule has 3 aromatic heterocycles. The molecule has 0 bridgehead atoms. The molecule has 3 nitrogen and oxygen atoms in total. The predicted octanol–water partition coefficient (Wildman–Crippen LogP) is 13.1. The van der Waals surface area contributed by atoms with Crippen molar-refractivity contribution in [3.05, 3.63) is 164 Å². The maximum Gasteiger partial charge on any atom is 0.143 e. The zero-order valence-corrected chi connectivity index (χ0v) is 26.4. The lowest BCUT2D eigenvalue weighted by Crippen LogP contribution is -1.93. The van der Waals surface area contributed by atoms with Crippen molar-refractivity contribution in [2.45, 2.75) is 0 Å². The number of rotatable bonds is 3. The normalized spacial score (nSPS) is 12.1. The van der Waals surface area contributed by atoms with Crippen LogP contribution in [-0.2, 0) is 0 Å². The number of para-hydroxylation sites is 3. The molecule has 0 radical (unpaired) electrons. The maximum atomic E-state index is 6.69. The van der Waals surface area contributed by atoms with Crippen LogP contribution in [0.25, 0.3) is 104 Å². The zero-order chi connectivity index (χ0) is 32.1. The topological polar surface area (TPSA) is 31.2 Å². The summed E-state index contributed by atoms with van der Waals surface area (Å²) < 4.78 is 14.8. The van der Waals surface area contributed by atoms with E-state index in [2.05, 4.69) is 150 Å². The van der Waals surface area contributed by atoms with Crippen LogP contribution in [0, 0.1) is 0 Å². The summed E-state index contributed by atoms with van der Waals surface area (Å²) in [6, 6.07) is 56.7. The van der Waals surface area contributed by atoms with Gasteiger partial charge >= 0.3 is 0 Å². The molecule has 3 heterocycles. The van der Waals surface area contributed by atoms with Crippen LogP contribution in [0.5, 0.6) is 0 Å². The van der Waals surface area contributed by atoms with Gasteiger partial charge in [-0.25, -0.2) is 0 Å². The van der Waals surface area contributed by atoms with E-state index >= 15 is 0 Å². The van der Waals surface area contributed by atoms with E-state index in [0.717, 1.165) is 44.2 Å². The molecule has 0 saturated heterocycles. The number of hydrogen-bond acceptors (Lipinski definition) is 2. The second-order valence-corrected chi connectivity index (χ2v) is 12.9. The number of benzene rings is 8. The first-order chi connectivity index (χ1) is 24.3. The number of aromatic nitrogens is 1. The van der Waals surface area contributed by atoms with Gasteiger partial charge in [0, 0.05) is 49.8 Å². The fraction of sp³-hybridized carbons (Fsp3) is 0. The van der Waals surface area contributed by atoms with Crippen molar-refractivity contribution in [2.75, 3.05) is 0 Å². The molecular weight excluding hydrogens is 599 g/mol. The summed E-state index contributed by atoms with van der Waals surface area (Å²) in [4.78, 5) is 0. The average Bonchev–Trinajstić information content (AvgIpc) is 3.86. The Balaban J connectivity index is 1.21. The van der Waals surface area contributed by atoms with Crippen molar-refractivity contribution in [3.63, 3.8) is 0 Å². The first kappa shape index (κ1) is 26.5. The Labute approximate surface area is 280 Å². The van der Waals surface area contributed by atoms with E-state index in [0.29, 0.717) is 0 Å². The third-order valence-electron chi connectivity index (χ3n) is 10.2. The average molecular weight is 626 g/mol. The van der Waals surface area contributed by atoms with Crippen molar-refractivity contribution in [3.8, 4) is 27.9 Å². The van der Waals surface area contributed by atoms with Gasteiger partial charge in [0.05, 0.1) is 17.3 Å². The number of hydrogen-bond donors (Lipinski definition) is 0. The van der Waals surface area contributed by atoms with Gasteiger partial charge < -0.3 is 13.4 Å².